The van der Waals surface area contributed by atoms with E-state index < -0.39 is 0 Å². The van der Waals surface area contributed by atoms with Crippen LogP contribution in [-0.2, 0) is 6.54 Å². The van der Waals surface area contributed by atoms with E-state index in [1.54, 1.807) is 18.5 Å². The zero-order valence-corrected chi connectivity index (χ0v) is 12.3. The average molecular weight is 296 g/mol. The van der Waals surface area contributed by atoms with Crippen molar-refractivity contribution in [1.29, 1.82) is 0 Å². The number of nitrogens with zero attached hydrogens (tertiary/aromatic N) is 2. The van der Waals surface area contributed by atoms with E-state index in [1.807, 2.05) is 26.0 Å². The van der Waals surface area contributed by atoms with Gasteiger partial charge in [0.25, 0.3) is 0 Å². The van der Waals surface area contributed by atoms with E-state index in [0.717, 1.165) is 17.0 Å². The first-order chi connectivity index (χ1) is 9.08. The molecule has 0 amide bonds. The Balaban J connectivity index is 2.03. The van der Waals surface area contributed by atoms with Gasteiger partial charge in [-0.25, -0.2) is 0 Å². The highest BCUT2D eigenvalue weighted by molar-refractivity contribution is 6.42. The fourth-order valence-corrected chi connectivity index (χ4v) is 2.20. The second-order valence-corrected chi connectivity index (χ2v) is 5.18. The Bertz CT molecular complexity index is 555. The Hall–Kier alpha value is -1.16. The van der Waals surface area contributed by atoms with Crippen LogP contribution in [0, 0.1) is 6.92 Å². The van der Waals surface area contributed by atoms with E-state index >= 15 is 0 Å². The number of hydrogen-bond acceptors (Lipinski definition) is 3. The lowest BCUT2D eigenvalue weighted by atomic mass is 10.1. The maximum atomic E-state index is 6.19. The summed E-state index contributed by atoms with van der Waals surface area (Å²) in [6.45, 7) is 4.59. The first-order valence-electron chi connectivity index (χ1n) is 6.02. The third kappa shape index (κ3) is 3.66. The summed E-state index contributed by atoms with van der Waals surface area (Å²) in [7, 11) is 0. The van der Waals surface area contributed by atoms with Gasteiger partial charge in [0.1, 0.15) is 0 Å². The summed E-state index contributed by atoms with van der Waals surface area (Å²) >= 11 is 12.2. The average Bonchev–Trinajstić information content (AvgIpc) is 2.41. The minimum Gasteiger partial charge on any atom is -0.304 e. The van der Waals surface area contributed by atoms with Crippen LogP contribution >= 0.6 is 23.2 Å². The van der Waals surface area contributed by atoms with Gasteiger partial charge in [0.2, 0.25) is 0 Å². The third-order valence-corrected chi connectivity index (χ3v) is 3.71. The van der Waals surface area contributed by atoms with Crippen molar-refractivity contribution in [1.82, 2.24) is 15.3 Å². The van der Waals surface area contributed by atoms with Crippen LogP contribution in [0.15, 0.2) is 30.6 Å². The molecular formula is C14H15Cl2N3. The summed E-state index contributed by atoms with van der Waals surface area (Å²) < 4.78 is 0. The molecule has 0 bridgehead atoms. The van der Waals surface area contributed by atoms with Gasteiger partial charge in [0.05, 0.1) is 21.4 Å². The van der Waals surface area contributed by atoms with Crippen LogP contribution in [0.2, 0.25) is 10.0 Å². The van der Waals surface area contributed by atoms with Crippen LogP contribution in [-0.4, -0.2) is 9.97 Å². The first kappa shape index (κ1) is 14.3. The van der Waals surface area contributed by atoms with Gasteiger partial charge in [0, 0.05) is 25.0 Å². The standard InChI is InChI=1S/C14H15Cl2N3/c1-9-6-19-11(7-17-9)8-18-10(2)12-4-3-5-13(15)14(12)16/h3-7,10,18H,8H2,1-2H3. The molecule has 0 spiro atoms. The molecular weight excluding hydrogens is 281 g/mol. The number of nitrogens with one attached hydrogen (secondary N) is 1. The predicted molar refractivity (Wildman–Crippen MR) is 78.5 cm³/mol. The van der Waals surface area contributed by atoms with Gasteiger partial charge in [-0.2, -0.15) is 0 Å². The molecule has 0 radical (unpaired) electrons. The molecule has 1 atom stereocenters. The van der Waals surface area contributed by atoms with Gasteiger partial charge in [0.15, 0.2) is 0 Å². The van der Waals surface area contributed by atoms with Gasteiger partial charge in [-0.1, -0.05) is 35.3 Å². The molecule has 19 heavy (non-hydrogen) atoms. The van der Waals surface area contributed by atoms with Gasteiger partial charge in [-0.3, -0.25) is 9.97 Å². The van der Waals surface area contributed by atoms with Crippen molar-refractivity contribution in [2.75, 3.05) is 0 Å². The molecule has 1 heterocycles. The molecule has 3 nitrogen and oxygen atoms in total. The largest absolute Gasteiger partial charge is 0.304 e. The van der Waals surface area contributed by atoms with E-state index in [0.29, 0.717) is 16.6 Å². The number of rotatable bonds is 4. The molecule has 0 aliphatic rings. The van der Waals surface area contributed by atoms with Crippen molar-refractivity contribution in [2.45, 2.75) is 26.4 Å². The van der Waals surface area contributed by atoms with Crippen molar-refractivity contribution in [3.8, 4) is 0 Å². The lowest BCUT2D eigenvalue weighted by molar-refractivity contribution is 0.566. The van der Waals surface area contributed by atoms with Crippen LogP contribution in [0.1, 0.15) is 29.9 Å². The summed E-state index contributed by atoms with van der Waals surface area (Å²) in [5.74, 6) is 0. The molecule has 5 heteroatoms. The van der Waals surface area contributed by atoms with E-state index in [9.17, 15) is 0 Å². The van der Waals surface area contributed by atoms with Crippen LogP contribution in [0.25, 0.3) is 0 Å². The first-order valence-corrected chi connectivity index (χ1v) is 6.78. The van der Waals surface area contributed by atoms with Gasteiger partial charge >= 0.3 is 0 Å². The predicted octanol–water partition coefficient (Wildman–Crippen LogP) is 3.94. The lowest BCUT2D eigenvalue weighted by Crippen LogP contribution is -2.19. The Morgan fingerprint density at radius 1 is 1.21 bits per heavy atom. The molecule has 0 aliphatic carbocycles. The zero-order valence-electron chi connectivity index (χ0n) is 10.8. The molecule has 1 aromatic heterocycles. The number of benzene rings is 1. The molecule has 2 aromatic rings. The molecule has 0 saturated carbocycles. The summed E-state index contributed by atoms with van der Waals surface area (Å²) in [5, 5.41) is 4.53. The van der Waals surface area contributed by atoms with Crippen molar-refractivity contribution in [3.63, 3.8) is 0 Å². The molecule has 1 aromatic carbocycles. The highest BCUT2D eigenvalue weighted by Gasteiger charge is 2.11. The van der Waals surface area contributed by atoms with E-state index in [-0.39, 0.29) is 6.04 Å². The maximum Gasteiger partial charge on any atom is 0.0724 e. The third-order valence-electron chi connectivity index (χ3n) is 2.87. The van der Waals surface area contributed by atoms with Crippen molar-refractivity contribution in [3.05, 3.63) is 57.6 Å². The second kappa shape index (κ2) is 6.33. The Labute approximate surface area is 123 Å². The minimum atomic E-state index is 0.0919. The van der Waals surface area contributed by atoms with Gasteiger partial charge < -0.3 is 5.32 Å². The summed E-state index contributed by atoms with van der Waals surface area (Å²) in [5.41, 5.74) is 2.79. The number of halogens is 2. The van der Waals surface area contributed by atoms with Crippen molar-refractivity contribution < 1.29 is 0 Å². The molecule has 0 aliphatic heterocycles. The molecule has 1 unspecified atom stereocenters. The number of aryl methyl sites for hydroxylation is 1. The quantitative estimate of drug-likeness (QED) is 0.928. The van der Waals surface area contributed by atoms with Crippen molar-refractivity contribution in [2.24, 2.45) is 0 Å². The topological polar surface area (TPSA) is 37.8 Å². The highest BCUT2D eigenvalue weighted by atomic mass is 35.5. The summed E-state index contributed by atoms with van der Waals surface area (Å²) in [6, 6.07) is 5.74. The molecule has 2 rings (SSSR count). The van der Waals surface area contributed by atoms with E-state index in [2.05, 4.69) is 15.3 Å². The number of hydrogen-bond donors (Lipinski definition) is 1. The highest BCUT2D eigenvalue weighted by Crippen LogP contribution is 2.29. The zero-order chi connectivity index (χ0) is 13.8. The molecule has 100 valence electrons. The Morgan fingerprint density at radius 3 is 2.68 bits per heavy atom. The smallest absolute Gasteiger partial charge is 0.0724 e. The van der Waals surface area contributed by atoms with Crippen LogP contribution < -0.4 is 5.32 Å². The van der Waals surface area contributed by atoms with E-state index in [4.69, 9.17) is 23.2 Å². The van der Waals surface area contributed by atoms with E-state index in [1.165, 1.54) is 0 Å². The Kier molecular flexibility index (Phi) is 4.75. The molecule has 0 fully saturated rings. The van der Waals surface area contributed by atoms with Crippen molar-refractivity contribution >= 4 is 23.2 Å². The maximum absolute atomic E-state index is 6.19. The SMILES string of the molecule is Cc1cnc(CNC(C)c2cccc(Cl)c2Cl)cn1. The van der Waals surface area contributed by atoms with Gasteiger partial charge in [-0.15, -0.1) is 0 Å². The lowest BCUT2D eigenvalue weighted by Gasteiger charge is -2.16. The second-order valence-electron chi connectivity index (χ2n) is 4.39. The van der Waals surface area contributed by atoms with Crippen LogP contribution in [0.3, 0.4) is 0 Å². The van der Waals surface area contributed by atoms with Crippen LogP contribution in [0.4, 0.5) is 0 Å². The fourth-order valence-electron chi connectivity index (χ4n) is 1.73. The van der Waals surface area contributed by atoms with Gasteiger partial charge in [-0.05, 0) is 25.5 Å². The minimum absolute atomic E-state index is 0.0919. The van der Waals surface area contributed by atoms with Crippen LogP contribution in [0.5, 0.6) is 0 Å². The molecule has 0 saturated heterocycles. The monoisotopic (exact) mass is 295 g/mol. The normalized spacial score (nSPS) is 12.4. The Morgan fingerprint density at radius 2 is 2.00 bits per heavy atom. The fraction of sp³-hybridized carbons (Fsp3) is 0.286. The summed E-state index contributed by atoms with van der Waals surface area (Å²) in [4.78, 5) is 8.51. The number of aromatic nitrogens is 2. The molecule has 1 N–H and O–H groups in total. The summed E-state index contributed by atoms with van der Waals surface area (Å²) in [6.07, 6.45) is 3.53.